The molecule has 0 amide bonds. The van der Waals surface area contributed by atoms with E-state index < -0.39 is 0 Å². The van der Waals surface area contributed by atoms with E-state index in [9.17, 15) is 0 Å². The summed E-state index contributed by atoms with van der Waals surface area (Å²) in [6, 6.07) is 8.61. The van der Waals surface area contributed by atoms with Crippen molar-refractivity contribution >= 4 is 33.6 Å². The van der Waals surface area contributed by atoms with E-state index in [1.54, 1.807) is 23.7 Å². The Morgan fingerprint density at radius 2 is 1.45 bits per heavy atom. The average molecular weight is 550 g/mol. The summed E-state index contributed by atoms with van der Waals surface area (Å²) >= 11 is 3.12. The summed E-state index contributed by atoms with van der Waals surface area (Å²) < 4.78 is 6.59. The topological polar surface area (TPSA) is 47.9 Å². The second-order valence-electron chi connectivity index (χ2n) is 10.8. The molecule has 0 radical (unpaired) electrons. The minimum Gasteiger partial charge on any atom is -0.400 e. The third-order valence-corrected chi connectivity index (χ3v) is 8.13. The lowest BCUT2D eigenvalue weighted by Crippen LogP contribution is -2.04. The van der Waals surface area contributed by atoms with Crippen molar-refractivity contribution in [3.8, 4) is 17.3 Å². The molecule has 4 nitrogen and oxygen atoms in total. The van der Waals surface area contributed by atoms with Crippen LogP contribution in [-0.4, -0.2) is 15.0 Å². The maximum atomic E-state index is 6.59. The van der Waals surface area contributed by atoms with Crippen LogP contribution in [0.1, 0.15) is 109 Å². The zero-order valence-corrected chi connectivity index (χ0v) is 26.3. The van der Waals surface area contributed by atoms with Crippen LogP contribution >= 0.6 is 23.4 Å². The Morgan fingerprint density at radius 1 is 0.842 bits per heavy atom. The van der Waals surface area contributed by atoms with Gasteiger partial charge in [-0.2, -0.15) is 4.98 Å². The first-order valence-corrected chi connectivity index (χ1v) is 15.5. The first kappa shape index (κ1) is 30.1. The van der Waals surface area contributed by atoms with Gasteiger partial charge in [0, 0.05) is 18.0 Å². The van der Waals surface area contributed by atoms with Crippen LogP contribution in [0.4, 0.5) is 0 Å². The third-order valence-electron chi connectivity index (χ3n) is 6.33. The van der Waals surface area contributed by atoms with Crippen LogP contribution in [0.3, 0.4) is 0 Å². The first-order valence-electron chi connectivity index (χ1n) is 13.9. The lowest BCUT2D eigenvalue weighted by molar-refractivity contribution is 0.615. The predicted molar refractivity (Wildman–Crippen MR) is 166 cm³/mol. The Labute approximate surface area is 237 Å². The van der Waals surface area contributed by atoms with Gasteiger partial charge in [-0.05, 0) is 69.9 Å². The molecule has 0 saturated carbocycles. The van der Waals surface area contributed by atoms with Crippen molar-refractivity contribution in [1.82, 2.24) is 15.0 Å². The van der Waals surface area contributed by atoms with Crippen molar-refractivity contribution < 1.29 is 4.18 Å². The molecule has 0 spiro atoms. The number of aromatic nitrogens is 3. The van der Waals surface area contributed by atoms with Gasteiger partial charge in [-0.15, -0.1) is 11.3 Å². The van der Waals surface area contributed by atoms with E-state index in [0.717, 1.165) is 22.2 Å². The van der Waals surface area contributed by atoms with E-state index in [4.69, 9.17) is 14.2 Å². The first-order chi connectivity index (χ1) is 18.2. The summed E-state index contributed by atoms with van der Waals surface area (Å²) in [4.78, 5) is 16.2. The van der Waals surface area contributed by atoms with Gasteiger partial charge in [-0.3, -0.25) is 4.98 Å². The number of pyridine rings is 1. The molecule has 4 rings (SSSR count). The standard InChI is InChI=1S/C30H37N3OS2.C2H6/c1-17(2)13-23-16-35-30-26(23)29(32-28(33-30)21-9-11-31-12-10-21)34-36-27-24(19(5)6)14-22(18(3)4)15-25(27)20(7)8;1-2/h9-12,14-20H,13H2,1-8H3;1-2H3. The van der Waals surface area contributed by atoms with Gasteiger partial charge in [0.15, 0.2) is 5.82 Å². The van der Waals surface area contributed by atoms with Gasteiger partial charge >= 0.3 is 0 Å². The zero-order chi connectivity index (χ0) is 28.0. The molecule has 0 bridgehead atoms. The lowest BCUT2D eigenvalue weighted by Gasteiger charge is -2.22. The quantitative estimate of drug-likeness (QED) is 0.194. The fourth-order valence-corrected chi connectivity index (χ4v) is 6.32. The van der Waals surface area contributed by atoms with Crippen LogP contribution < -0.4 is 4.18 Å². The highest BCUT2D eigenvalue weighted by atomic mass is 32.2. The minimum atomic E-state index is 0.391. The molecule has 1 aromatic carbocycles. The highest BCUT2D eigenvalue weighted by Crippen LogP contribution is 2.42. The summed E-state index contributed by atoms with van der Waals surface area (Å²) in [5.74, 6) is 3.11. The Kier molecular flexibility index (Phi) is 10.8. The summed E-state index contributed by atoms with van der Waals surface area (Å²) in [5, 5.41) is 3.25. The summed E-state index contributed by atoms with van der Waals surface area (Å²) in [6.45, 7) is 22.1. The molecule has 0 unspecified atom stereocenters. The average Bonchev–Trinajstić information content (AvgIpc) is 3.30. The second-order valence-corrected chi connectivity index (χ2v) is 12.4. The fraction of sp³-hybridized carbons (Fsp3) is 0.469. The van der Waals surface area contributed by atoms with E-state index in [2.05, 4.69) is 77.9 Å². The molecule has 0 aliphatic rings. The molecular weight excluding hydrogens is 507 g/mol. The van der Waals surface area contributed by atoms with Gasteiger partial charge in [0.1, 0.15) is 4.83 Å². The highest BCUT2D eigenvalue weighted by Gasteiger charge is 2.22. The van der Waals surface area contributed by atoms with Crippen molar-refractivity contribution in [2.45, 2.75) is 98.3 Å². The Morgan fingerprint density at radius 3 is 1.97 bits per heavy atom. The molecule has 204 valence electrons. The fourth-order valence-electron chi connectivity index (χ4n) is 4.31. The Balaban J connectivity index is 0.00000195. The summed E-state index contributed by atoms with van der Waals surface area (Å²) in [6.07, 6.45) is 4.52. The largest absolute Gasteiger partial charge is 0.400 e. The highest BCUT2D eigenvalue weighted by molar-refractivity contribution is 7.95. The lowest BCUT2D eigenvalue weighted by atomic mass is 9.89. The van der Waals surface area contributed by atoms with Crippen LogP contribution in [0.5, 0.6) is 5.88 Å². The summed E-state index contributed by atoms with van der Waals surface area (Å²) in [7, 11) is 0. The smallest absolute Gasteiger partial charge is 0.241 e. The molecule has 3 heterocycles. The van der Waals surface area contributed by atoms with Crippen molar-refractivity contribution in [2.75, 3.05) is 0 Å². The van der Waals surface area contributed by atoms with Gasteiger partial charge in [0.2, 0.25) is 5.88 Å². The number of fused-ring (bicyclic) bond motifs is 1. The predicted octanol–water partition coefficient (Wildman–Crippen LogP) is 10.4. The van der Waals surface area contributed by atoms with Crippen LogP contribution in [0.25, 0.3) is 21.6 Å². The van der Waals surface area contributed by atoms with Gasteiger partial charge in [0.05, 0.1) is 22.3 Å². The van der Waals surface area contributed by atoms with E-state index >= 15 is 0 Å². The zero-order valence-electron chi connectivity index (χ0n) is 24.6. The number of rotatable bonds is 9. The Hall–Kier alpha value is -2.44. The van der Waals surface area contributed by atoms with E-state index in [-0.39, 0.29) is 0 Å². The van der Waals surface area contributed by atoms with Crippen LogP contribution in [-0.2, 0) is 6.42 Å². The molecule has 38 heavy (non-hydrogen) atoms. The molecule has 0 N–H and O–H groups in total. The molecule has 3 aromatic heterocycles. The normalized spacial score (nSPS) is 11.5. The number of benzene rings is 1. The number of hydrogen-bond acceptors (Lipinski definition) is 6. The molecule has 0 aliphatic heterocycles. The monoisotopic (exact) mass is 549 g/mol. The van der Waals surface area contributed by atoms with Gasteiger partial charge in [-0.1, -0.05) is 81.4 Å². The van der Waals surface area contributed by atoms with Crippen molar-refractivity contribution in [3.63, 3.8) is 0 Å². The number of hydrogen-bond donors (Lipinski definition) is 0. The van der Waals surface area contributed by atoms with Gasteiger partial charge < -0.3 is 4.18 Å². The van der Waals surface area contributed by atoms with Crippen LogP contribution in [0, 0.1) is 5.92 Å². The van der Waals surface area contributed by atoms with Crippen LogP contribution in [0.15, 0.2) is 46.9 Å². The SMILES string of the molecule is CC.CC(C)Cc1csc2nc(-c3ccncc3)nc(OSc3c(C(C)C)cc(C(C)C)cc3C(C)C)c12. The van der Waals surface area contributed by atoms with E-state index in [1.807, 2.05) is 26.0 Å². The van der Waals surface area contributed by atoms with Gasteiger partial charge in [-0.25, -0.2) is 4.98 Å². The number of thiophene rings is 1. The molecule has 0 fully saturated rings. The summed E-state index contributed by atoms with van der Waals surface area (Å²) in [5.41, 5.74) is 6.25. The minimum absolute atomic E-state index is 0.391. The van der Waals surface area contributed by atoms with Crippen LogP contribution in [0.2, 0.25) is 0 Å². The molecule has 6 heteroatoms. The van der Waals surface area contributed by atoms with Crippen molar-refractivity contribution in [3.05, 3.63) is 64.3 Å². The van der Waals surface area contributed by atoms with Crippen molar-refractivity contribution in [2.24, 2.45) is 5.92 Å². The molecule has 0 saturated heterocycles. The van der Waals surface area contributed by atoms with E-state index in [0.29, 0.717) is 35.4 Å². The molecule has 4 aromatic rings. The van der Waals surface area contributed by atoms with E-state index in [1.165, 1.54) is 39.2 Å². The number of nitrogens with zero attached hydrogens (tertiary/aromatic N) is 3. The third kappa shape index (κ3) is 6.95. The molecule has 0 aliphatic carbocycles. The van der Waals surface area contributed by atoms with Crippen molar-refractivity contribution in [1.29, 1.82) is 0 Å². The second kappa shape index (κ2) is 13.6. The Bertz CT molecular complexity index is 1300. The molecule has 0 atom stereocenters. The molecular formula is C32H43N3OS2. The maximum Gasteiger partial charge on any atom is 0.241 e. The maximum absolute atomic E-state index is 6.59. The van der Waals surface area contributed by atoms with Gasteiger partial charge in [0.25, 0.3) is 0 Å².